The van der Waals surface area contributed by atoms with Crippen LogP contribution in [0.1, 0.15) is 35.4 Å². The molecule has 25 heavy (non-hydrogen) atoms. The zero-order valence-electron chi connectivity index (χ0n) is 14.3. The summed E-state index contributed by atoms with van der Waals surface area (Å²) in [5.41, 5.74) is 1.66. The SMILES string of the molecule is OCCCC(c1ccccc1)C(O)(c1ccccc1)c1ccccc1. The van der Waals surface area contributed by atoms with E-state index in [9.17, 15) is 10.2 Å². The third-order valence-electron chi connectivity index (χ3n) is 4.78. The summed E-state index contributed by atoms with van der Waals surface area (Å²) in [7, 11) is 0. The highest BCUT2D eigenvalue weighted by molar-refractivity contribution is 5.41. The van der Waals surface area contributed by atoms with E-state index >= 15 is 0 Å². The number of benzene rings is 3. The van der Waals surface area contributed by atoms with Crippen LogP contribution in [0.4, 0.5) is 0 Å². The van der Waals surface area contributed by atoms with Crippen LogP contribution in [0.3, 0.4) is 0 Å². The molecule has 0 heterocycles. The molecule has 0 aliphatic heterocycles. The van der Waals surface area contributed by atoms with Crippen molar-refractivity contribution in [1.82, 2.24) is 0 Å². The molecule has 0 aromatic heterocycles. The molecule has 2 nitrogen and oxygen atoms in total. The minimum atomic E-state index is -1.15. The first kappa shape index (κ1) is 17.4. The Morgan fingerprint density at radius 1 is 0.680 bits per heavy atom. The Hall–Kier alpha value is -2.42. The van der Waals surface area contributed by atoms with Crippen LogP contribution in [-0.4, -0.2) is 16.8 Å². The highest BCUT2D eigenvalue weighted by atomic mass is 16.3. The number of hydrogen-bond donors (Lipinski definition) is 2. The maximum Gasteiger partial charge on any atom is 0.121 e. The van der Waals surface area contributed by atoms with Crippen molar-refractivity contribution in [3.63, 3.8) is 0 Å². The molecule has 0 aliphatic rings. The Labute approximate surface area is 149 Å². The van der Waals surface area contributed by atoms with E-state index in [1.54, 1.807) is 0 Å². The van der Waals surface area contributed by atoms with Gasteiger partial charge in [-0.1, -0.05) is 91.0 Å². The van der Waals surface area contributed by atoms with Crippen LogP contribution in [0.2, 0.25) is 0 Å². The van der Waals surface area contributed by atoms with Crippen molar-refractivity contribution in [2.75, 3.05) is 6.61 Å². The molecule has 2 N–H and O–H groups in total. The normalized spacial score (nSPS) is 12.7. The Morgan fingerprint density at radius 2 is 1.12 bits per heavy atom. The average molecular weight is 332 g/mol. The first-order valence-electron chi connectivity index (χ1n) is 8.76. The van der Waals surface area contributed by atoms with Gasteiger partial charge in [0.1, 0.15) is 5.60 Å². The van der Waals surface area contributed by atoms with Crippen molar-refractivity contribution in [3.05, 3.63) is 108 Å². The molecule has 0 saturated carbocycles. The fourth-order valence-corrected chi connectivity index (χ4v) is 3.55. The van der Waals surface area contributed by atoms with Crippen LogP contribution in [0, 0.1) is 0 Å². The standard InChI is InChI=1S/C23H24O2/c24-18-10-17-22(19-11-4-1-5-12-19)23(25,20-13-6-2-7-14-20)21-15-8-3-9-16-21/h1-9,11-16,22,24-25H,10,17-18H2. The third kappa shape index (κ3) is 3.65. The zero-order valence-corrected chi connectivity index (χ0v) is 14.3. The third-order valence-corrected chi connectivity index (χ3v) is 4.78. The quantitative estimate of drug-likeness (QED) is 0.670. The van der Waals surface area contributed by atoms with E-state index < -0.39 is 5.60 Å². The Balaban J connectivity index is 2.17. The molecule has 3 aromatic carbocycles. The van der Waals surface area contributed by atoms with Gasteiger partial charge >= 0.3 is 0 Å². The molecular weight excluding hydrogens is 308 g/mol. The number of aliphatic hydroxyl groups is 2. The van der Waals surface area contributed by atoms with Crippen LogP contribution in [-0.2, 0) is 5.60 Å². The number of rotatable bonds is 7. The van der Waals surface area contributed by atoms with Crippen LogP contribution in [0.25, 0.3) is 0 Å². The van der Waals surface area contributed by atoms with Crippen molar-refractivity contribution in [2.24, 2.45) is 0 Å². The fraction of sp³-hybridized carbons (Fsp3) is 0.217. The van der Waals surface area contributed by atoms with Gasteiger partial charge in [0.15, 0.2) is 0 Å². The Kier molecular flexibility index (Phi) is 5.64. The van der Waals surface area contributed by atoms with Gasteiger partial charge in [0, 0.05) is 12.5 Å². The predicted molar refractivity (Wildman–Crippen MR) is 101 cm³/mol. The minimum Gasteiger partial charge on any atom is -0.396 e. The van der Waals surface area contributed by atoms with Gasteiger partial charge < -0.3 is 10.2 Å². The summed E-state index contributed by atoms with van der Waals surface area (Å²) in [4.78, 5) is 0. The van der Waals surface area contributed by atoms with Crippen molar-refractivity contribution >= 4 is 0 Å². The van der Waals surface area contributed by atoms with Gasteiger partial charge in [-0.15, -0.1) is 0 Å². The number of aliphatic hydroxyl groups excluding tert-OH is 1. The van der Waals surface area contributed by atoms with Gasteiger partial charge in [0.05, 0.1) is 0 Å². The molecular formula is C23H24O2. The average Bonchev–Trinajstić information content (AvgIpc) is 2.70. The molecule has 0 radical (unpaired) electrons. The summed E-state index contributed by atoms with van der Waals surface area (Å²) in [6, 6.07) is 29.7. The second kappa shape index (κ2) is 8.11. The molecule has 2 heteroatoms. The highest BCUT2D eigenvalue weighted by Gasteiger charge is 2.40. The largest absolute Gasteiger partial charge is 0.396 e. The van der Waals surface area contributed by atoms with E-state index in [-0.39, 0.29) is 12.5 Å². The van der Waals surface area contributed by atoms with Crippen LogP contribution < -0.4 is 0 Å². The van der Waals surface area contributed by atoms with Gasteiger partial charge in [0.2, 0.25) is 0 Å². The van der Waals surface area contributed by atoms with Gasteiger partial charge in [-0.2, -0.15) is 0 Å². The lowest BCUT2D eigenvalue weighted by Crippen LogP contribution is -2.35. The lowest BCUT2D eigenvalue weighted by Gasteiger charge is -2.38. The molecule has 1 atom stereocenters. The molecule has 128 valence electrons. The summed E-state index contributed by atoms with van der Waals surface area (Å²) in [6.45, 7) is 0.114. The molecule has 0 fully saturated rings. The van der Waals surface area contributed by atoms with E-state index in [1.807, 2.05) is 78.9 Å². The van der Waals surface area contributed by atoms with E-state index in [0.717, 1.165) is 16.7 Å². The van der Waals surface area contributed by atoms with Crippen molar-refractivity contribution in [1.29, 1.82) is 0 Å². The van der Waals surface area contributed by atoms with E-state index in [2.05, 4.69) is 12.1 Å². The summed E-state index contributed by atoms with van der Waals surface area (Å²) in [5.74, 6) is -0.148. The van der Waals surface area contributed by atoms with Crippen LogP contribution in [0.15, 0.2) is 91.0 Å². The van der Waals surface area contributed by atoms with Crippen LogP contribution >= 0.6 is 0 Å². The zero-order chi connectivity index (χ0) is 17.5. The van der Waals surface area contributed by atoms with Crippen molar-refractivity contribution < 1.29 is 10.2 Å². The van der Waals surface area contributed by atoms with Gasteiger partial charge in [-0.05, 0) is 29.5 Å². The summed E-state index contributed by atoms with van der Waals surface area (Å²) in [6.07, 6.45) is 1.34. The molecule has 0 amide bonds. The van der Waals surface area contributed by atoms with Crippen molar-refractivity contribution in [2.45, 2.75) is 24.4 Å². The lowest BCUT2D eigenvalue weighted by atomic mass is 9.71. The van der Waals surface area contributed by atoms with E-state index in [4.69, 9.17) is 0 Å². The predicted octanol–water partition coefficient (Wildman–Crippen LogP) is 4.48. The molecule has 0 aliphatic carbocycles. The van der Waals surface area contributed by atoms with E-state index in [0.29, 0.717) is 12.8 Å². The molecule has 3 aromatic rings. The minimum absolute atomic E-state index is 0.114. The first-order valence-corrected chi connectivity index (χ1v) is 8.76. The van der Waals surface area contributed by atoms with Gasteiger partial charge in [-0.25, -0.2) is 0 Å². The maximum atomic E-state index is 12.0. The Morgan fingerprint density at radius 3 is 1.56 bits per heavy atom. The van der Waals surface area contributed by atoms with Crippen molar-refractivity contribution in [3.8, 4) is 0 Å². The topological polar surface area (TPSA) is 40.5 Å². The van der Waals surface area contributed by atoms with Crippen LogP contribution in [0.5, 0.6) is 0 Å². The van der Waals surface area contributed by atoms with Gasteiger partial charge in [0.25, 0.3) is 0 Å². The molecule has 3 rings (SSSR count). The molecule has 0 spiro atoms. The summed E-state index contributed by atoms with van der Waals surface area (Å²) in [5, 5.41) is 21.4. The molecule has 0 saturated heterocycles. The molecule has 1 unspecified atom stereocenters. The fourth-order valence-electron chi connectivity index (χ4n) is 3.55. The molecule has 0 bridgehead atoms. The Bertz CT molecular complexity index is 714. The lowest BCUT2D eigenvalue weighted by molar-refractivity contribution is 0.0435. The first-order chi connectivity index (χ1) is 12.3. The van der Waals surface area contributed by atoms with E-state index in [1.165, 1.54) is 0 Å². The monoisotopic (exact) mass is 332 g/mol. The summed E-state index contributed by atoms with van der Waals surface area (Å²) < 4.78 is 0. The second-order valence-corrected chi connectivity index (χ2v) is 6.33. The second-order valence-electron chi connectivity index (χ2n) is 6.33. The number of hydrogen-bond acceptors (Lipinski definition) is 2. The smallest absolute Gasteiger partial charge is 0.121 e. The summed E-state index contributed by atoms with van der Waals surface area (Å²) >= 11 is 0. The van der Waals surface area contributed by atoms with Gasteiger partial charge in [-0.3, -0.25) is 0 Å². The maximum absolute atomic E-state index is 12.0. The highest BCUT2D eigenvalue weighted by Crippen LogP contribution is 2.44.